The zero-order chi connectivity index (χ0) is 19.7. The molecule has 0 atom stereocenters. The number of hydrogen-bond donors (Lipinski definition) is 0. The third kappa shape index (κ3) is 3.57. The normalized spacial score (nSPS) is 14.4. The zero-order valence-corrected chi connectivity index (χ0v) is 16.7. The first-order chi connectivity index (χ1) is 13.5. The number of benzene rings is 1. The number of piperazine rings is 1. The summed E-state index contributed by atoms with van der Waals surface area (Å²) in [5, 5.41) is 0.929. The molecule has 0 aliphatic carbocycles. The Morgan fingerprint density at radius 2 is 1.71 bits per heavy atom. The quantitative estimate of drug-likeness (QED) is 0.679. The number of aryl methyl sites for hydroxylation is 2. The predicted molar refractivity (Wildman–Crippen MR) is 108 cm³/mol. The summed E-state index contributed by atoms with van der Waals surface area (Å²) in [6.45, 7) is 6.05. The van der Waals surface area contributed by atoms with E-state index in [1.807, 2.05) is 31.2 Å². The second-order valence-electron chi connectivity index (χ2n) is 6.80. The van der Waals surface area contributed by atoms with Gasteiger partial charge >= 0.3 is 0 Å². The zero-order valence-electron chi connectivity index (χ0n) is 15.8. The van der Waals surface area contributed by atoms with Crippen LogP contribution < -0.4 is 0 Å². The lowest BCUT2D eigenvalue weighted by Crippen LogP contribution is -2.50. The van der Waals surface area contributed by atoms with E-state index in [1.54, 1.807) is 33.3 Å². The molecule has 2 amide bonds. The summed E-state index contributed by atoms with van der Waals surface area (Å²) >= 11 is 1.64. The first-order valence-electron chi connectivity index (χ1n) is 9.19. The lowest BCUT2D eigenvalue weighted by Gasteiger charge is -2.34. The standard InChI is InChI=1S/C21H21N3O3S/c1-14-15(2)28-19(22-14)16-5-3-6-17(13-16)20(25)23-8-10-24(11-9-23)21(26)18-7-4-12-27-18/h3-7,12-13H,8-11H2,1-2H3. The summed E-state index contributed by atoms with van der Waals surface area (Å²) < 4.78 is 5.18. The molecular weight excluding hydrogens is 374 g/mol. The minimum absolute atomic E-state index is 0.0167. The molecular formula is C21H21N3O3S. The summed E-state index contributed by atoms with van der Waals surface area (Å²) in [6.07, 6.45) is 1.49. The number of amides is 2. The monoisotopic (exact) mass is 395 g/mol. The maximum atomic E-state index is 12.9. The molecule has 7 heteroatoms. The fourth-order valence-corrected chi connectivity index (χ4v) is 4.14. The highest BCUT2D eigenvalue weighted by molar-refractivity contribution is 7.15. The molecule has 1 aliphatic rings. The minimum Gasteiger partial charge on any atom is -0.459 e. The Hall–Kier alpha value is -2.93. The average Bonchev–Trinajstić information content (AvgIpc) is 3.38. The van der Waals surface area contributed by atoms with Crippen LogP contribution in [0.15, 0.2) is 47.1 Å². The van der Waals surface area contributed by atoms with Gasteiger partial charge in [0.25, 0.3) is 11.8 Å². The van der Waals surface area contributed by atoms with E-state index in [0.29, 0.717) is 37.5 Å². The van der Waals surface area contributed by atoms with Crippen LogP contribution in [-0.2, 0) is 0 Å². The van der Waals surface area contributed by atoms with Gasteiger partial charge in [-0.05, 0) is 38.1 Å². The number of thiazole rings is 1. The summed E-state index contributed by atoms with van der Waals surface area (Å²) in [7, 11) is 0. The molecule has 2 aromatic heterocycles. The van der Waals surface area contributed by atoms with Crippen molar-refractivity contribution in [2.75, 3.05) is 26.2 Å². The van der Waals surface area contributed by atoms with Crippen molar-refractivity contribution in [3.8, 4) is 10.6 Å². The highest BCUT2D eigenvalue weighted by Crippen LogP contribution is 2.28. The molecule has 1 aliphatic heterocycles. The van der Waals surface area contributed by atoms with E-state index in [1.165, 1.54) is 11.1 Å². The number of carbonyl (C=O) groups excluding carboxylic acids is 2. The lowest BCUT2D eigenvalue weighted by atomic mass is 10.1. The maximum absolute atomic E-state index is 12.9. The van der Waals surface area contributed by atoms with Crippen molar-refractivity contribution in [2.24, 2.45) is 0 Å². The molecule has 1 aromatic carbocycles. The largest absolute Gasteiger partial charge is 0.459 e. The van der Waals surface area contributed by atoms with Gasteiger partial charge in [0, 0.05) is 42.2 Å². The Balaban J connectivity index is 1.44. The van der Waals surface area contributed by atoms with Crippen LogP contribution in [0.25, 0.3) is 10.6 Å². The van der Waals surface area contributed by atoms with Gasteiger partial charge in [0.2, 0.25) is 0 Å². The van der Waals surface area contributed by atoms with Gasteiger partial charge in [0.1, 0.15) is 5.01 Å². The first kappa shape index (κ1) is 18.4. The van der Waals surface area contributed by atoms with Crippen molar-refractivity contribution in [1.29, 1.82) is 0 Å². The van der Waals surface area contributed by atoms with Gasteiger partial charge in [-0.25, -0.2) is 4.98 Å². The summed E-state index contributed by atoms with van der Waals surface area (Å²) in [5.41, 5.74) is 2.63. The molecule has 0 saturated carbocycles. The maximum Gasteiger partial charge on any atom is 0.289 e. The van der Waals surface area contributed by atoms with Crippen molar-refractivity contribution < 1.29 is 14.0 Å². The van der Waals surface area contributed by atoms with E-state index in [4.69, 9.17) is 4.42 Å². The fraction of sp³-hybridized carbons (Fsp3) is 0.286. The van der Waals surface area contributed by atoms with E-state index in [-0.39, 0.29) is 11.8 Å². The Labute approximate surface area is 167 Å². The topological polar surface area (TPSA) is 66.7 Å². The van der Waals surface area contributed by atoms with E-state index in [2.05, 4.69) is 11.9 Å². The Morgan fingerprint density at radius 1 is 1.00 bits per heavy atom. The highest BCUT2D eigenvalue weighted by Gasteiger charge is 2.26. The molecule has 1 fully saturated rings. The van der Waals surface area contributed by atoms with E-state index < -0.39 is 0 Å². The first-order valence-corrected chi connectivity index (χ1v) is 10.0. The van der Waals surface area contributed by atoms with Crippen LogP contribution in [0, 0.1) is 13.8 Å². The van der Waals surface area contributed by atoms with Crippen LogP contribution in [0.2, 0.25) is 0 Å². The molecule has 3 heterocycles. The number of furan rings is 1. The molecule has 3 aromatic rings. The van der Waals surface area contributed by atoms with Gasteiger partial charge in [-0.3, -0.25) is 9.59 Å². The third-order valence-electron chi connectivity index (χ3n) is 4.97. The summed E-state index contributed by atoms with van der Waals surface area (Å²) in [4.78, 5) is 34.6. The molecule has 1 saturated heterocycles. The molecule has 28 heavy (non-hydrogen) atoms. The second kappa shape index (κ2) is 7.59. The van der Waals surface area contributed by atoms with Gasteiger partial charge in [0.05, 0.1) is 12.0 Å². The number of rotatable bonds is 3. The lowest BCUT2D eigenvalue weighted by molar-refractivity contribution is 0.0518. The molecule has 6 nitrogen and oxygen atoms in total. The Bertz CT molecular complexity index is 982. The van der Waals surface area contributed by atoms with Gasteiger partial charge in [0.15, 0.2) is 5.76 Å². The van der Waals surface area contributed by atoms with Crippen LogP contribution in [0.3, 0.4) is 0 Å². The molecule has 4 rings (SSSR count). The number of nitrogens with zero attached hydrogens (tertiary/aromatic N) is 3. The van der Waals surface area contributed by atoms with Crippen LogP contribution in [0.5, 0.6) is 0 Å². The van der Waals surface area contributed by atoms with Crippen molar-refractivity contribution in [3.05, 3.63) is 64.6 Å². The fourth-order valence-electron chi connectivity index (χ4n) is 3.23. The van der Waals surface area contributed by atoms with Crippen LogP contribution in [0.1, 0.15) is 31.5 Å². The predicted octanol–water partition coefficient (Wildman–Crippen LogP) is 3.62. The van der Waals surface area contributed by atoms with Crippen molar-refractivity contribution in [3.63, 3.8) is 0 Å². The van der Waals surface area contributed by atoms with E-state index >= 15 is 0 Å². The number of carbonyl (C=O) groups is 2. The molecule has 0 N–H and O–H groups in total. The average molecular weight is 395 g/mol. The number of aromatic nitrogens is 1. The van der Waals surface area contributed by atoms with Gasteiger partial charge in [-0.2, -0.15) is 0 Å². The van der Waals surface area contributed by atoms with E-state index in [9.17, 15) is 9.59 Å². The molecule has 144 valence electrons. The van der Waals surface area contributed by atoms with Crippen molar-refractivity contribution in [2.45, 2.75) is 13.8 Å². The van der Waals surface area contributed by atoms with Crippen LogP contribution in [0.4, 0.5) is 0 Å². The molecule has 0 radical (unpaired) electrons. The van der Waals surface area contributed by atoms with Crippen LogP contribution in [-0.4, -0.2) is 52.8 Å². The third-order valence-corrected chi connectivity index (χ3v) is 6.09. The second-order valence-corrected chi connectivity index (χ2v) is 8.01. The smallest absolute Gasteiger partial charge is 0.289 e. The summed E-state index contributed by atoms with van der Waals surface area (Å²) in [6, 6.07) is 11.0. The van der Waals surface area contributed by atoms with Crippen LogP contribution >= 0.6 is 11.3 Å². The van der Waals surface area contributed by atoms with Gasteiger partial charge in [-0.15, -0.1) is 11.3 Å². The van der Waals surface area contributed by atoms with Crippen molar-refractivity contribution in [1.82, 2.24) is 14.8 Å². The highest BCUT2D eigenvalue weighted by atomic mass is 32.1. The van der Waals surface area contributed by atoms with Gasteiger partial charge < -0.3 is 14.2 Å². The molecule has 0 unspecified atom stereocenters. The van der Waals surface area contributed by atoms with Crippen molar-refractivity contribution >= 4 is 23.2 Å². The SMILES string of the molecule is Cc1nc(-c2cccc(C(=O)N3CCN(C(=O)c4ccco4)CC3)c2)sc1C. The Kier molecular flexibility index (Phi) is 5.00. The minimum atomic E-state index is -0.131. The summed E-state index contributed by atoms with van der Waals surface area (Å²) in [5.74, 6) is 0.187. The Morgan fingerprint density at radius 3 is 2.32 bits per heavy atom. The molecule has 0 spiro atoms. The molecule has 0 bridgehead atoms. The van der Waals surface area contributed by atoms with Gasteiger partial charge in [-0.1, -0.05) is 12.1 Å². The van der Waals surface area contributed by atoms with E-state index in [0.717, 1.165) is 16.3 Å². The number of hydrogen-bond acceptors (Lipinski definition) is 5.